The van der Waals surface area contributed by atoms with E-state index in [0.29, 0.717) is 11.2 Å². The van der Waals surface area contributed by atoms with Crippen LogP contribution in [0.25, 0.3) is 0 Å². The van der Waals surface area contributed by atoms with Crippen molar-refractivity contribution >= 4 is 18.0 Å². The minimum Gasteiger partial charge on any atom is -0.297 e. The Morgan fingerprint density at radius 3 is 2.62 bits per heavy atom. The molecule has 8 heavy (non-hydrogen) atoms. The van der Waals surface area contributed by atoms with Gasteiger partial charge in [-0.3, -0.25) is 4.79 Å². The number of hydrogen-bond donors (Lipinski definition) is 0. The number of thiocyanates is 1. The van der Waals surface area contributed by atoms with Gasteiger partial charge < -0.3 is 0 Å². The quantitative estimate of drug-likeness (QED) is 0.319. The maximum atomic E-state index is 9.89. The maximum absolute atomic E-state index is 9.89. The summed E-state index contributed by atoms with van der Waals surface area (Å²) in [5.74, 6) is 0. The van der Waals surface area contributed by atoms with Crippen LogP contribution in [0.4, 0.5) is 0 Å². The zero-order valence-corrected chi connectivity index (χ0v) is 5.23. The van der Waals surface area contributed by atoms with Gasteiger partial charge in [-0.15, -0.1) is 0 Å². The lowest BCUT2D eigenvalue weighted by molar-refractivity contribution is -0.104. The van der Waals surface area contributed by atoms with E-state index in [2.05, 4.69) is 0 Å². The molecule has 0 aromatic carbocycles. The molecule has 42 valence electrons. The van der Waals surface area contributed by atoms with Gasteiger partial charge in [0.2, 0.25) is 0 Å². The van der Waals surface area contributed by atoms with Gasteiger partial charge in [-0.05, 0) is 18.7 Å². The molecule has 0 saturated heterocycles. The average molecular weight is 127 g/mol. The van der Waals surface area contributed by atoms with Gasteiger partial charge >= 0.3 is 0 Å². The number of hydrogen-bond acceptors (Lipinski definition) is 3. The molecule has 0 amide bonds. The lowest BCUT2D eigenvalue weighted by Gasteiger charge is -1.80. The molecule has 0 aromatic heterocycles. The molecule has 0 radical (unpaired) electrons. The van der Waals surface area contributed by atoms with Crippen LogP contribution < -0.4 is 0 Å². The van der Waals surface area contributed by atoms with Gasteiger partial charge in [-0.2, -0.15) is 5.26 Å². The zero-order valence-electron chi connectivity index (χ0n) is 4.42. The highest BCUT2D eigenvalue weighted by Crippen LogP contribution is 2.08. The van der Waals surface area contributed by atoms with E-state index < -0.39 is 0 Å². The van der Waals surface area contributed by atoms with Crippen molar-refractivity contribution in [2.75, 3.05) is 0 Å². The molecule has 0 saturated carbocycles. The number of nitrogens with zero attached hydrogens (tertiary/aromatic N) is 1. The Morgan fingerprint density at radius 2 is 2.50 bits per heavy atom. The van der Waals surface area contributed by atoms with Gasteiger partial charge in [0, 0.05) is 0 Å². The molecule has 0 aromatic rings. The van der Waals surface area contributed by atoms with Crippen molar-refractivity contribution in [1.29, 1.82) is 5.26 Å². The van der Waals surface area contributed by atoms with E-state index in [1.807, 2.05) is 0 Å². The van der Waals surface area contributed by atoms with Crippen LogP contribution in [-0.2, 0) is 4.79 Å². The number of aldehydes is 1. The summed E-state index contributed by atoms with van der Waals surface area (Å²) in [4.78, 5) is 10.4. The van der Waals surface area contributed by atoms with Gasteiger partial charge in [0.25, 0.3) is 0 Å². The second-order valence-electron chi connectivity index (χ2n) is 1.00. The molecule has 0 aliphatic heterocycles. The Morgan fingerprint density at radius 1 is 1.88 bits per heavy atom. The van der Waals surface area contributed by atoms with Crippen LogP contribution in [0, 0.1) is 10.7 Å². The zero-order chi connectivity index (χ0) is 6.41. The maximum Gasteiger partial charge on any atom is 0.157 e. The predicted molar refractivity (Wildman–Crippen MR) is 33.0 cm³/mol. The van der Waals surface area contributed by atoms with Gasteiger partial charge in [0.15, 0.2) is 6.29 Å². The minimum atomic E-state index is 0.465. The van der Waals surface area contributed by atoms with Crippen LogP contribution in [0.1, 0.15) is 6.92 Å². The summed E-state index contributed by atoms with van der Waals surface area (Å²) in [5.41, 5.74) is 0. The van der Waals surface area contributed by atoms with Crippen molar-refractivity contribution < 1.29 is 4.79 Å². The number of thioether (sulfide) groups is 1. The van der Waals surface area contributed by atoms with Gasteiger partial charge in [0.1, 0.15) is 5.40 Å². The van der Waals surface area contributed by atoms with Crippen molar-refractivity contribution in [2.24, 2.45) is 0 Å². The molecule has 0 unspecified atom stereocenters. The molecule has 0 rings (SSSR count). The highest BCUT2D eigenvalue weighted by molar-refractivity contribution is 8.08. The first-order valence-corrected chi connectivity index (χ1v) is 2.84. The number of nitriles is 1. The first-order chi connectivity index (χ1) is 3.85. The molecule has 0 aliphatic carbocycles. The van der Waals surface area contributed by atoms with Crippen molar-refractivity contribution in [2.45, 2.75) is 6.92 Å². The summed E-state index contributed by atoms with van der Waals surface area (Å²) in [6, 6.07) is 0. The van der Waals surface area contributed by atoms with Crippen molar-refractivity contribution in [3.8, 4) is 5.40 Å². The van der Waals surface area contributed by atoms with E-state index in [-0.39, 0.29) is 0 Å². The number of rotatable bonds is 2. The fourth-order valence-corrected chi connectivity index (χ4v) is 0.475. The third-order valence-corrected chi connectivity index (χ3v) is 1.22. The van der Waals surface area contributed by atoms with Crippen LogP contribution in [0.3, 0.4) is 0 Å². The first-order valence-electron chi connectivity index (χ1n) is 2.02. The van der Waals surface area contributed by atoms with Crippen LogP contribution in [-0.4, -0.2) is 6.29 Å². The van der Waals surface area contributed by atoms with E-state index in [0.717, 1.165) is 11.8 Å². The molecule has 0 bridgehead atoms. The van der Waals surface area contributed by atoms with Crippen molar-refractivity contribution in [3.63, 3.8) is 0 Å². The summed E-state index contributed by atoms with van der Waals surface area (Å²) in [7, 11) is 0. The molecule has 2 nitrogen and oxygen atoms in total. The molecule has 0 fully saturated rings. The summed E-state index contributed by atoms with van der Waals surface area (Å²) in [6.07, 6.45) is 2.26. The third kappa shape index (κ3) is 2.43. The van der Waals surface area contributed by atoms with Gasteiger partial charge in [0.05, 0.1) is 4.91 Å². The molecule has 0 heterocycles. The molecule has 0 spiro atoms. The predicted octanol–water partition coefficient (Wildman–Crippen LogP) is 1.30. The molecular weight excluding hydrogens is 122 g/mol. The number of allylic oxidation sites excluding steroid dienone is 2. The fraction of sp³-hybridized carbons (Fsp3) is 0.200. The van der Waals surface area contributed by atoms with Gasteiger partial charge in [-0.25, -0.2) is 0 Å². The molecule has 3 heteroatoms. The highest BCUT2D eigenvalue weighted by atomic mass is 32.2. The van der Waals surface area contributed by atoms with Crippen molar-refractivity contribution in [1.82, 2.24) is 0 Å². The number of carbonyl (C=O) groups excluding carboxylic acids is 1. The van der Waals surface area contributed by atoms with E-state index in [1.54, 1.807) is 18.4 Å². The van der Waals surface area contributed by atoms with Crippen molar-refractivity contribution in [3.05, 3.63) is 11.0 Å². The standard InChI is InChI=1S/C5H5NOS/c1-2-5(3-7)8-4-6/h2-3H,1H3/b5-2+. The van der Waals surface area contributed by atoms with Crippen LogP contribution in [0.15, 0.2) is 11.0 Å². The Kier molecular flexibility index (Phi) is 4.00. The first kappa shape index (κ1) is 7.25. The van der Waals surface area contributed by atoms with Gasteiger partial charge in [-0.1, -0.05) is 6.08 Å². The SMILES string of the molecule is C/C=C(\C=O)SC#N. The lowest BCUT2D eigenvalue weighted by atomic mass is 10.6. The third-order valence-electron chi connectivity index (χ3n) is 0.564. The smallest absolute Gasteiger partial charge is 0.157 e. The Balaban J connectivity index is 3.77. The lowest BCUT2D eigenvalue weighted by Crippen LogP contribution is -1.71. The van der Waals surface area contributed by atoms with Crippen LogP contribution in [0.5, 0.6) is 0 Å². The highest BCUT2D eigenvalue weighted by Gasteiger charge is 1.88. The largest absolute Gasteiger partial charge is 0.297 e. The Bertz CT molecular complexity index is 145. The van der Waals surface area contributed by atoms with E-state index >= 15 is 0 Å². The van der Waals surface area contributed by atoms with E-state index in [1.165, 1.54) is 0 Å². The van der Waals surface area contributed by atoms with E-state index in [4.69, 9.17) is 5.26 Å². The summed E-state index contributed by atoms with van der Waals surface area (Å²) in [5, 5.41) is 9.80. The number of carbonyl (C=O) groups is 1. The van der Waals surface area contributed by atoms with Crippen LogP contribution >= 0.6 is 11.8 Å². The topological polar surface area (TPSA) is 40.9 Å². The fourth-order valence-electron chi connectivity index (χ4n) is 0.204. The minimum absolute atomic E-state index is 0.465. The molecule has 0 N–H and O–H groups in total. The normalized spacial score (nSPS) is 10.2. The van der Waals surface area contributed by atoms with Crippen LogP contribution in [0.2, 0.25) is 0 Å². The van der Waals surface area contributed by atoms with E-state index in [9.17, 15) is 4.79 Å². The molecular formula is C5H5NOS. The summed E-state index contributed by atoms with van der Waals surface area (Å²) >= 11 is 0.875. The Labute approximate surface area is 52.2 Å². The second-order valence-corrected chi connectivity index (χ2v) is 1.86. The molecule has 0 atom stereocenters. The Hall–Kier alpha value is -0.750. The monoisotopic (exact) mass is 127 g/mol. The average Bonchev–Trinajstić information content (AvgIpc) is 1.83. The molecule has 0 aliphatic rings. The summed E-state index contributed by atoms with van der Waals surface area (Å²) < 4.78 is 0. The second kappa shape index (κ2) is 4.41. The summed E-state index contributed by atoms with van der Waals surface area (Å²) in [6.45, 7) is 1.72.